The van der Waals surface area contributed by atoms with Crippen molar-refractivity contribution in [1.29, 1.82) is 0 Å². The van der Waals surface area contributed by atoms with Gasteiger partial charge in [-0.25, -0.2) is 4.39 Å². The lowest BCUT2D eigenvalue weighted by Crippen LogP contribution is -2.64. The molecule has 0 aliphatic carbocycles. The molecule has 5 heteroatoms. The van der Waals surface area contributed by atoms with Crippen LogP contribution in [0.3, 0.4) is 0 Å². The van der Waals surface area contributed by atoms with Crippen LogP contribution in [0.4, 0.5) is 4.39 Å². The molecule has 2 heterocycles. The van der Waals surface area contributed by atoms with Crippen LogP contribution in [0.2, 0.25) is 0 Å². The van der Waals surface area contributed by atoms with Gasteiger partial charge < -0.3 is 14.9 Å². The number of hydrogen-bond acceptors (Lipinski definition) is 2. The summed E-state index contributed by atoms with van der Waals surface area (Å²) in [6.07, 6.45) is 3.87. The van der Waals surface area contributed by atoms with Gasteiger partial charge >= 0.3 is 0 Å². The molecule has 29 heavy (non-hydrogen) atoms. The zero-order chi connectivity index (χ0) is 20.4. The molecule has 154 valence electrons. The summed E-state index contributed by atoms with van der Waals surface area (Å²) in [6, 6.07) is 12.9. The molecule has 2 aliphatic heterocycles. The van der Waals surface area contributed by atoms with Crippen molar-refractivity contribution >= 4 is 5.91 Å². The average molecular weight is 398 g/mol. The minimum atomic E-state index is -0.173. The fourth-order valence-electron chi connectivity index (χ4n) is 5.12. The van der Waals surface area contributed by atoms with Gasteiger partial charge in [-0.15, -0.1) is 0 Å². The Morgan fingerprint density at radius 3 is 2.48 bits per heavy atom. The van der Waals surface area contributed by atoms with E-state index >= 15 is 0 Å². The number of nitrogens with zero attached hydrogens (tertiary/aromatic N) is 1. The van der Waals surface area contributed by atoms with Crippen molar-refractivity contribution in [1.82, 2.24) is 5.32 Å². The lowest BCUT2D eigenvalue weighted by atomic mass is 9.85. The van der Waals surface area contributed by atoms with Crippen LogP contribution in [0.5, 0.6) is 5.75 Å². The Kier molecular flexibility index (Phi) is 5.59. The Bertz CT molecular complexity index is 873. The number of nitrogens with one attached hydrogen (secondary N) is 1. The van der Waals surface area contributed by atoms with Crippen LogP contribution in [-0.4, -0.2) is 41.2 Å². The van der Waals surface area contributed by atoms with Gasteiger partial charge in [0.2, 0.25) is 0 Å². The van der Waals surface area contributed by atoms with E-state index in [1.807, 2.05) is 24.3 Å². The number of rotatable bonds is 4. The summed E-state index contributed by atoms with van der Waals surface area (Å²) in [7, 11) is 0. The number of piperidine rings is 2. The standard InChI is InChI=1S/C24H29FN2O2/c1-17-4-5-18(15-22(17)25)16-27(23-3-2-12-26-24(23)29)13-10-20(11-14-27)19-6-8-21(28)9-7-19/h4-9,15,20,23H,2-3,10-14,16H2,1H3,(H-,26,28,29)/p+1. The first kappa shape index (κ1) is 19.9. The molecular weight excluding hydrogens is 367 g/mol. The van der Waals surface area contributed by atoms with Crippen molar-refractivity contribution in [2.75, 3.05) is 19.6 Å². The van der Waals surface area contributed by atoms with Crippen molar-refractivity contribution in [3.8, 4) is 5.75 Å². The number of carbonyl (C=O) groups is 1. The summed E-state index contributed by atoms with van der Waals surface area (Å²) in [4.78, 5) is 12.8. The first-order valence-corrected chi connectivity index (χ1v) is 10.6. The maximum atomic E-state index is 14.2. The van der Waals surface area contributed by atoms with Crippen molar-refractivity contribution in [2.45, 2.75) is 51.1 Å². The van der Waals surface area contributed by atoms with Crippen molar-refractivity contribution in [3.63, 3.8) is 0 Å². The molecule has 0 aromatic heterocycles. The maximum Gasteiger partial charge on any atom is 0.278 e. The van der Waals surface area contributed by atoms with Gasteiger partial charge in [0.15, 0.2) is 6.04 Å². The number of aryl methyl sites for hydroxylation is 1. The largest absolute Gasteiger partial charge is 0.508 e. The van der Waals surface area contributed by atoms with E-state index in [0.717, 1.165) is 50.9 Å². The molecule has 4 nitrogen and oxygen atoms in total. The minimum absolute atomic E-state index is 0.0612. The average Bonchev–Trinajstić information content (AvgIpc) is 2.72. The predicted octanol–water partition coefficient (Wildman–Crippen LogP) is 4.01. The quantitative estimate of drug-likeness (QED) is 0.766. The van der Waals surface area contributed by atoms with E-state index in [1.54, 1.807) is 25.1 Å². The van der Waals surface area contributed by atoms with Gasteiger partial charge in [0.05, 0.1) is 13.1 Å². The van der Waals surface area contributed by atoms with E-state index in [-0.39, 0.29) is 23.5 Å². The summed E-state index contributed by atoms with van der Waals surface area (Å²) >= 11 is 0. The van der Waals surface area contributed by atoms with E-state index in [4.69, 9.17) is 0 Å². The van der Waals surface area contributed by atoms with Crippen molar-refractivity contribution in [2.24, 2.45) is 0 Å². The molecule has 4 rings (SSSR count). The molecule has 2 aromatic carbocycles. The molecule has 1 unspecified atom stereocenters. The number of quaternary nitrogens is 1. The monoisotopic (exact) mass is 397 g/mol. The second kappa shape index (κ2) is 8.15. The summed E-state index contributed by atoms with van der Waals surface area (Å²) in [5.41, 5.74) is 2.87. The Labute approximate surface area is 171 Å². The third kappa shape index (κ3) is 4.15. The van der Waals surface area contributed by atoms with Gasteiger partial charge in [-0.05, 0) is 48.6 Å². The van der Waals surface area contributed by atoms with Crippen LogP contribution in [0.1, 0.15) is 48.3 Å². The Balaban J connectivity index is 1.58. The van der Waals surface area contributed by atoms with Gasteiger partial charge in [0, 0.05) is 31.4 Å². The molecule has 1 atom stereocenters. The number of amides is 1. The van der Waals surface area contributed by atoms with Crippen LogP contribution in [0.15, 0.2) is 42.5 Å². The SMILES string of the molecule is Cc1ccc(C[N+]2(C3CCCNC3=O)CCC(c3ccc(O)cc3)CC2)cc1F. The molecule has 2 fully saturated rings. The van der Waals surface area contributed by atoms with Gasteiger partial charge in [0.25, 0.3) is 5.91 Å². The van der Waals surface area contributed by atoms with Crippen LogP contribution < -0.4 is 5.32 Å². The zero-order valence-corrected chi connectivity index (χ0v) is 17.0. The topological polar surface area (TPSA) is 49.3 Å². The second-order valence-corrected chi connectivity index (χ2v) is 8.72. The smallest absolute Gasteiger partial charge is 0.278 e. The molecule has 0 radical (unpaired) electrons. The molecule has 0 saturated carbocycles. The van der Waals surface area contributed by atoms with Gasteiger partial charge in [-0.2, -0.15) is 0 Å². The van der Waals surface area contributed by atoms with Crippen LogP contribution in [0.25, 0.3) is 0 Å². The lowest BCUT2D eigenvalue weighted by Gasteiger charge is -2.49. The Morgan fingerprint density at radius 1 is 1.10 bits per heavy atom. The van der Waals surface area contributed by atoms with Crippen LogP contribution in [-0.2, 0) is 11.3 Å². The number of benzene rings is 2. The number of halogens is 1. The molecule has 2 aromatic rings. The molecular formula is C24H30FN2O2+. The van der Waals surface area contributed by atoms with E-state index in [2.05, 4.69) is 5.32 Å². The fraction of sp³-hybridized carbons (Fsp3) is 0.458. The van der Waals surface area contributed by atoms with E-state index in [1.165, 1.54) is 5.56 Å². The first-order chi connectivity index (χ1) is 14.0. The van der Waals surface area contributed by atoms with Crippen molar-refractivity contribution < 1.29 is 18.8 Å². The van der Waals surface area contributed by atoms with Gasteiger partial charge in [-0.3, -0.25) is 4.79 Å². The third-order valence-electron chi connectivity index (χ3n) is 6.86. The summed E-state index contributed by atoms with van der Waals surface area (Å²) in [5, 5.41) is 12.6. The molecule has 0 bridgehead atoms. The predicted molar refractivity (Wildman–Crippen MR) is 111 cm³/mol. The fourth-order valence-corrected chi connectivity index (χ4v) is 5.12. The lowest BCUT2D eigenvalue weighted by molar-refractivity contribution is -0.960. The van der Waals surface area contributed by atoms with Crippen LogP contribution in [0, 0.1) is 12.7 Å². The number of aromatic hydroxyl groups is 1. The number of phenolic OH excluding ortho intramolecular Hbond substituents is 1. The second-order valence-electron chi connectivity index (χ2n) is 8.72. The number of hydrogen-bond donors (Lipinski definition) is 2. The molecule has 2 N–H and O–H groups in total. The Morgan fingerprint density at radius 2 is 1.83 bits per heavy atom. The zero-order valence-electron chi connectivity index (χ0n) is 17.0. The van der Waals surface area contributed by atoms with E-state index < -0.39 is 0 Å². The highest BCUT2D eigenvalue weighted by atomic mass is 19.1. The molecule has 0 spiro atoms. The number of phenols is 1. The van der Waals surface area contributed by atoms with Gasteiger partial charge in [0.1, 0.15) is 18.1 Å². The third-order valence-corrected chi connectivity index (χ3v) is 6.86. The summed E-state index contributed by atoms with van der Waals surface area (Å²) in [5.74, 6) is 0.692. The minimum Gasteiger partial charge on any atom is -0.508 e. The van der Waals surface area contributed by atoms with E-state index in [0.29, 0.717) is 22.5 Å². The highest BCUT2D eigenvalue weighted by Gasteiger charge is 2.45. The van der Waals surface area contributed by atoms with Gasteiger partial charge in [-0.1, -0.05) is 24.3 Å². The molecule has 2 aliphatic rings. The maximum absolute atomic E-state index is 14.2. The highest BCUT2D eigenvalue weighted by molar-refractivity contribution is 5.81. The van der Waals surface area contributed by atoms with Crippen molar-refractivity contribution in [3.05, 3.63) is 65.0 Å². The number of carbonyl (C=O) groups excluding carboxylic acids is 1. The summed E-state index contributed by atoms with van der Waals surface area (Å²) in [6.45, 7) is 5.03. The molecule has 2 saturated heterocycles. The van der Waals surface area contributed by atoms with Crippen LogP contribution >= 0.6 is 0 Å². The van der Waals surface area contributed by atoms with E-state index in [9.17, 15) is 14.3 Å². The normalized spacial score (nSPS) is 27.4. The highest BCUT2D eigenvalue weighted by Crippen LogP contribution is 2.37. The Hall–Kier alpha value is -2.40. The number of likely N-dealkylation sites (tertiary alicyclic amines) is 1. The first-order valence-electron chi connectivity index (χ1n) is 10.6. The molecule has 1 amide bonds. The summed E-state index contributed by atoms with van der Waals surface area (Å²) < 4.78 is 14.9.